The van der Waals surface area contributed by atoms with Crippen molar-refractivity contribution >= 4 is 23.4 Å². The molecule has 3 heterocycles. The van der Waals surface area contributed by atoms with E-state index < -0.39 is 12.0 Å². The Morgan fingerprint density at radius 3 is 2.70 bits per heavy atom. The third-order valence-corrected chi connectivity index (χ3v) is 5.94. The molecule has 154 valence electrons. The molecular formula is C22H22N4O3S. The number of hydrogen-bond donors (Lipinski definition) is 0. The van der Waals surface area contributed by atoms with Crippen molar-refractivity contribution in [3.05, 3.63) is 84.8 Å². The first-order valence-electron chi connectivity index (χ1n) is 9.81. The molecule has 1 aromatic carbocycles. The van der Waals surface area contributed by atoms with E-state index in [-0.39, 0.29) is 12.2 Å². The maximum Gasteiger partial charge on any atom is 0.338 e. The predicted molar refractivity (Wildman–Crippen MR) is 115 cm³/mol. The van der Waals surface area contributed by atoms with Crippen LogP contribution in [0.4, 0.5) is 0 Å². The number of hydrogen-bond acceptors (Lipinski definition) is 6. The lowest BCUT2D eigenvalue weighted by Crippen LogP contribution is -2.40. The third kappa shape index (κ3) is 3.43. The second-order valence-corrected chi connectivity index (χ2v) is 7.79. The highest BCUT2D eigenvalue weighted by molar-refractivity contribution is 7.07. The first-order valence-corrected chi connectivity index (χ1v) is 10.6. The van der Waals surface area contributed by atoms with Gasteiger partial charge in [-0.15, -0.1) is 0 Å². The number of benzene rings is 1. The average Bonchev–Trinajstić information content (AvgIpc) is 3.32. The number of rotatable bonds is 5. The van der Waals surface area contributed by atoms with Crippen LogP contribution in [-0.4, -0.2) is 26.9 Å². The molecule has 0 radical (unpaired) electrons. The SMILES string of the molecule is CCOC(=O)C1=C(C)N=c2sc(=Cc3ccnn3CC)c(=O)n2C1c1ccccc1. The smallest absolute Gasteiger partial charge is 0.338 e. The highest BCUT2D eigenvalue weighted by atomic mass is 32.1. The summed E-state index contributed by atoms with van der Waals surface area (Å²) >= 11 is 1.31. The monoisotopic (exact) mass is 422 g/mol. The Morgan fingerprint density at radius 2 is 2.00 bits per heavy atom. The number of esters is 1. The summed E-state index contributed by atoms with van der Waals surface area (Å²) in [6.45, 7) is 6.50. The van der Waals surface area contributed by atoms with Gasteiger partial charge in [-0.05, 0) is 38.5 Å². The van der Waals surface area contributed by atoms with Crippen LogP contribution in [0.25, 0.3) is 6.08 Å². The fourth-order valence-electron chi connectivity index (χ4n) is 3.61. The van der Waals surface area contributed by atoms with Gasteiger partial charge in [0.25, 0.3) is 5.56 Å². The van der Waals surface area contributed by atoms with Crippen molar-refractivity contribution in [2.24, 2.45) is 4.99 Å². The second-order valence-electron chi connectivity index (χ2n) is 6.78. The molecule has 1 atom stereocenters. The molecule has 2 aromatic heterocycles. The molecule has 8 heteroatoms. The van der Waals surface area contributed by atoms with Crippen LogP contribution in [0.5, 0.6) is 0 Å². The maximum atomic E-state index is 13.4. The van der Waals surface area contributed by atoms with Gasteiger partial charge in [0.15, 0.2) is 4.80 Å². The van der Waals surface area contributed by atoms with E-state index in [9.17, 15) is 9.59 Å². The van der Waals surface area contributed by atoms with Crippen molar-refractivity contribution < 1.29 is 9.53 Å². The number of ether oxygens (including phenoxy) is 1. The summed E-state index contributed by atoms with van der Waals surface area (Å²) in [5.41, 5.74) is 2.45. The Hall–Kier alpha value is -3.26. The van der Waals surface area contributed by atoms with Gasteiger partial charge in [0.2, 0.25) is 0 Å². The zero-order chi connectivity index (χ0) is 21.3. The van der Waals surface area contributed by atoms with Crippen LogP contribution in [0.2, 0.25) is 0 Å². The molecule has 0 aliphatic carbocycles. The molecule has 0 saturated heterocycles. The van der Waals surface area contributed by atoms with Crippen molar-refractivity contribution in [1.82, 2.24) is 14.3 Å². The first kappa shape index (κ1) is 20.0. The third-order valence-electron chi connectivity index (χ3n) is 4.96. The van der Waals surface area contributed by atoms with E-state index in [1.54, 1.807) is 24.6 Å². The van der Waals surface area contributed by atoms with Crippen LogP contribution >= 0.6 is 11.3 Å². The number of aryl methyl sites for hydroxylation is 1. The lowest BCUT2D eigenvalue weighted by Gasteiger charge is -2.24. The van der Waals surface area contributed by atoms with E-state index in [4.69, 9.17) is 4.74 Å². The molecule has 0 amide bonds. The van der Waals surface area contributed by atoms with Gasteiger partial charge in [-0.2, -0.15) is 5.10 Å². The Balaban J connectivity index is 1.96. The number of allylic oxidation sites excluding steroid dienone is 1. The summed E-state index contributed by atoms with van der Waals surface area (Å²) in [4.78, 5) is 31.4. The Bertz CT molecular complexity index is 1300. The number of carbonyl (C=O) groups is 1. The number of fused-ring (bicyclic) bond motifs is 1. The van der Waals surface area contributed by atoms with Gasteiger partial charge in [-0.3, -0.25) is 14.0 Å². The largest absolute Gasteiger partial charge is 0.463 e. The van der Waals surface area contributed by atoms with Gasteiger partial charge in [0.1, 0.15) is 0 Å². The van der Waals surface area contributed by atoms with Gasteiger partial charge < -0.3 is 4.74 Å². The Labute approximate surface area is 177 Å². The summed E-state index contributed by atoms with van der Waals surface area (Å²) in [6.07, 6.45) is 3.54. The highest BCUT2D eigenvalue weighted by Crippen LogP contribution is 2.30. The normalized spacial score (nSPS) is 16.4. The zero-order valence-electron chi connectivity index (χ0n) is 17.0. The van der Waals surface area contributed by atoms with E-state index in [1.807, 2.05) is 54.1 Å². The quantitative estimate of drug-likeness (QED) is 0.590. The number of aromatic nitrogens is 3. The predicted octanol–water partition coefficient (Wildman–Crippen LogP) is 2.01. The van der Waals surface area contributed by atoms with Gasteiger partial charge >= 0.3 is 5.97 Å². The van der Waals surface area contributed by atoms with Crippen molar-refractivity contribution in [1.29, 1.82) is 0 Å². The van der Waals surface area contributed by atoms with Crippen LogP contribution in [0, 0.1) is 0 Å². The van der Waals surface area contributed by atoms with Gasteiger partial charge in [-0.1, -0.05) is 41.7 Å². The van der Waals surface area contributed by atoms with Gasteiger partial charge in [0.05, 0.1) is 34.1 Å². The lowest BCUT2D eigenvalue weighted by molar-refractivity contribution is -0.139. The minimum absolute atomic E-state index is 0.189. The number of thiazole rings is 1. The molecule has 3 aromatic rings. The van der Waals surface area contributed by atoms with E-state index in [0.717, 1.165) is 11.3 Å². The summed E-state index contributed by atoms with van der Waals surface area (Å²) in [6, 6.07) is 10.8. The fraction of sp³-hybridized carbons (Fsp3) is 0.273. The van der Waals surface area contributed by atoms with Crippen molar-refractivity contribution in [3.63, 3.8) is 0 Å². The van der Waals surface area contributed by atoms with Crippen LogP contribution in [-0.2, 0) is 16.1 Å². The zero-order valence-corrected chi connectivity index (χ0v) is 17.8. The fourth-order valence-corrected chi connectivity index (χ4v) is 4.64. The first-order chi connectivity index (χ1) is 14.5. The van der Waals surface area contributed by atoms with Crippen LogP contribution < -0.4 is 14.9 Å². The highest BCUT2D eigenvalue weighted by Gasteiger charge is 2.33. The van der Waals surface area contributed by atoms with E-state index in [1.165, 1.54) is 11.3 Å². The maximum absolute atomic E-state index is 13.4. The lowest BCUT2D eigenvalue weighted by atomic mass is 9.96. The van der Waals surface area contributed by atoms with E-state index in [2.05, 4.69) is 10.1 Å². The van der Waals surface area contributed by atoms with Crippen molar-refractivity contribution in [2.75, 3.05) is 6.61 Å². The minimum Gasteiger partial charge on any atom is -0.463 e. The standard InChI is InChI=1S/C22H22N4O3S/c1-4-25-16(11-12-23-25)13-17-20(27)26-19(15-9-7-6-8-10-15)18(21(28)29-5-2)14(3)24-22(26)30-17/h6-13,19H,4-5H2,1-3H3. The van der Waals surface area contributed by atoms with E-state index >= 15 is 0 Å². The molecule has 4 rings (SSSR count). The van der Waals surface area contributed by atoms with E-state index in [0.29, 0.717) is 27.1 Å². The molecule has 30 heavy (non-hydrogen) atoms. The Morgan fingerprint density at radius 1 is 1.23 bits per heavy atom. The molecule has 1 aliphatic heterocycles. The van der Waals surface area contributed by atoms with Gasteiger partial charge in [-0.25, -0.2) is 9.79 Å². The molecule has 0 N–H and O–H groups in total. The summed E-state index contributed by atoms with van der Waals surface area (Å²) in [5, 5.41) is 4.26. The van der Waals surface area contributed by atoms with Crippen molar-refractivity contribution in [3.8, 4) is 0 Å². The molecule has 1 aliphatic rings. The molecule has 0 fully saturated rings. The van der Waals surface area contributed by atoms with Crippen LogP contribution in [0.1, 0.15) is 38.1 Å². The Kier molecular flexibility index (Phi) is 5.50. The summed E-state index contributed by atoms with van der Waals surface area (Å²) in [7, 11) is 0. The molecule has 7 nitrogen and oxygen atoms in total. The second kappa shape index (κ2) is 8.23. The summed E-state index contributed by atoms with van der Waals surface area (Å²) in [5.74, 6) is -0.453. The summed E-state index contributed by atoms with van der Waals surface area (Å²) < 4.78 is 9.25. The molecule has 1 unspecified atom stereocenters. The van der Waals surface area contributed by atoms with Crippen LogP contribution in [0.3, 0.4) is 0 Å². The molecule has 0 spiro atoms. The number of carbonyl (C=O) groups excluding carboxylic acids is 1. The molecular weight excluding hydrogens is 400 g/mol. The topological polar surface area (TPSA) is 78.5 Å². The number of nitrogens with zero attached hydrogens (tertiary/aromatic N) is 4. The average molecular weight is 423 g/mol. The van der Waals surface area contributed by atoms with Crippen LogP contribution in [0.15, 0.2) is 63.7 Å². The van der Waals surface area contributed by atoms with Gasteiger partial charge in [0, 0.05) is 12.7 Å². The van der Waals surface area contributed by atoms with Crippen molar-refractivity contribution in [2.45, 2.75) is 33.4 Å². The molecule has 0 bridgehead atoms. The minimum atomic E-state index is -0.584. The molecule has 0 saturated carbocycles.